The molecule has 0 aliphatic carbocycles. The van der Waals surface area contributed by atoms with Crippen LogP contribution in [0.5, 0.6) is 5.75 Å². The second-order valence-electron chi connectivity index (χ2n) is 5.23. The summed E-state index contributed by atoms with van der Waals surface area (Å²) in [5.74, 6) is 1.51. The highest BCUT2D eigenvalue weighted by Crippen LogP contribution is 2.25. The molecule has 23 heavy (non-hydrogen) atoms. The highest BCUT2D eigenvalue weighted by molar-refractivity contribution is 7.13. The zero-order valence-electron chi connectivity index (χ0n) is 12.2. The van der Waals surface area contributed by atoms with Gasteiger partial charge in [-0.3, -0.25) is 4.79 Å². The van der Waals surface area contributed by atoms with Gasteiger partial charge in [0, 0.05) is 17.5 Å². The lowest BCUT2D eigenvalue weighted by Crippen LogP contribution is -2.31. The fraction of sp³-hybridized carbons (Fsp3) is 0.176. The van der Waals surface area contributed by atoms with E-state index in [2.05, 4.69) is 10.3 Å². The minimum Gasteiger partial charge on any atom is -0.487 e. The molecule has 2 aromatic heterocycles. The molecule has 116 valence electrons. The van der Waals surface area contributed by atoms with Crippen LogP contribution in [0, 0.1) is 0 Å². The molecule has 0 saturated heterocycles. The lowest BCUT2D eigenvalue weighted by atomic mass is 10.0. The third kappa shape index (κ3) is 2.85. The first kappa shape index (κ1) is 14.0. The molecule has 1 N–H and O–H groups in total. The van der Waals surface area contributed by atoms with Gasteiger partial charge in [0.25, 0.3) is 5.91 Å². The van der Waals surface area contributed by atoms with E-state index in [1.54, 1.807) is 6.26 Å². The maximum atomic E-state index is 11.7. The van der Waals surface area contributed by atoms with Gasteiger partial charge in [-0.2, -0.15) is 0 Å². The average Bonchev–Trinajstić information content (AvgIpc) is 3.24. The number of carbonyl (C=O) groups is 1. The van der Waals surface area contributed by atoms with Gasteiger partial charge < -0.3 is 14.5 Å². The fourth-order valence-corrected chi connectivity index (χ4v) is 3.31. The number of hydrogen-bond donors (Lipinski definition) is 1. The summed E-state index contributed by atoms with van der Waals surface area (Å²) in [4.78, 5) is 16.2. The maximum absolute atomic E-state index is 11.7. The molecule has 1 amide bonds. The standard InChI is InChI=1S/C17H14N2O3S/c20-16-14-4-3-13(8-11(14)5-6-18-16)22-9-12-10-23-17(19-12)15-2-1-7-21-15/h1-4,7-8,10H,5-6,9H2,(H,18,20). The number of nitrogens with zero attached hydrogens (tertiary/aromatic N) is 1. The number of fused-ring (bicyclic) bond motifs is 1. The normalized spacial score (nSPS) is 13.5. The number of amides is 1. The van der Waals surface area contributed by atoms with Gasteiger partial charge in [-0.25, -0.2) is 4.98 Å². The van der Waals surface area contributed by atoms with Crippen molar-refractivity contribution in [3.8, 4) is 16.5 Å². The Labute approximate surface area is 136 Å². The molecule has 0 atom stereocenters. The van der Waals surface area contributed by atoms with Crippen molar-refractivity contribution >= 4 is 17.2 Å². The van der Waals surface area contributed by atoms with Crippen molar-refractivity contribution in [3.63, 3.8) is 0 Å². The minimum atomic E-state index is -0.0135. The van der Waals surface area contributed by atoms with Crippen molar-refractivity contribution in [1.82, 2.24) is 10.3 Å². The Bertz CT molecular complexity index is 839. The molecule has 0 radical (unpaired) electrons. The molecule has 5 nitrogen and oxygen atoms in total. The zero-order valence-corrected chi connectivity index (χ0v) is 13.1. The van der Waals surface area contributed by atoms with Gasteiger partial charge in [-0.15, -0.1) is 11.3 Å². The highest BCUT2D eigenvalue weighted by Gasteiger charge is 2.17. The van der Waals surface area contributed by atoms with Crippen molar-refractivity contribution < 1.29 is 13.9 Å². The molecular weight excluding hydrogens is 312 g/mol. The summed E-state index contributed by atoms with van der Waals surface area (Å²) in [6, 6.07) is 9.31. The quantitative estimate of drug-likeness (QED) is 0.799. The van der Waals surface area contributed by atoms with Crippen LogP contribution in [0.15, 0.2) is 46.4 Å². The van der Waals surface area contributed by atoms with E-state index in [0.29, 0.717) is 13.2 Å². The molecule has 0 unspecified atom stereocenters. The van der Waals surface area contributed by atoms with Crippen LogP contribution in [0.3, 0.4) is 0 Å². The molecule has 4 rings (SSSR count). The summed E-state index contributed by atoms with van der Waals surface area (Å²) in [6.45, 7) is 1.07. The van der Waals surface area contributed by atoms with Crippen LogP contribution < -0.4 is 10.1 Å². The Kier molecular flexibility index (Phi) is 3.59. The van der Waals surface area contributed by atoms with Crippen LogP contribution in [-0.4, -0.2) is 17.4 Å². The SMILES string of the molecule is O=C1NCCc2cc(OCc3csc(-c4ccco4)n3)ccc21. The smallest absolute Gasteiger partial charge is 0.251 e. The number of carbonyl (C=O) groups excluding carboxylic acids is 1. The van der Waals surface area contributed by atoms with Crippen molar-refractivity contribution in [2.75, 3.05) is 6.54 Å². The first-order valence-corrected chi connectivity index (χ1v) is 8.20. The lowest BCUT2D eigenvalue weighted by molar-refractivity contribution is 0.0946. The molecule has 1 aromatic carbocycles. The molecule has 0 spiro atoms. The second kappa shape index (κ2) is 5.89. The van der Waals surface area contributed by atoms with Crippen LogP contribution in [0.4, 0.5) is 0 Å². The lowest BCUT2D eigenvalue weighted by Gasteiger charge is -2.17. The molecule has 1 aliphatic heterocycles. The van der Waals surface area contributed by atoms with Gasteiger partial charge >= 0.3 is 0 Å². The van der Waals surface area contributed by atoms with E-state index in [1.807, 2.05) is 35.7 Å². The summed E-state index contributed by atoms with van der Waals surface area (Å²) in [6.07, 6.45) is 2.47. The number of hydrogen-bond acceptors (Lipinski definition) is 5. The summed E-state index contributed by atoms with van der Waals surface area (Å²) in [5, 5.41) is 5.64. The van der Waals surface area contributed by atoms with Crippen molar-refractivity contribution in [2.24, 2.45) is 0 Å². The topological polar surface area (TPSA) is 64.4 Å². The third-order valence-corrected chi connectivity index (χ3v) is 4.58. The van der Waals surface area contributed by atoms with E-state index < -0.39 is 0 Å². The largest absolute Gasteiger partial charge is 0.487 e. The van der Waals surface area contributed by atoms with Gasteiger partial charge in [-0.1, -0.05) is 0 Å². The molecule has 3 aromatic rings. The minimum absolute atomic E-state index is 0.0135. The van der Waals surface area contributed by atoms with Crippen LogP contribution in [-0.2, 0) is 13.0 Å². The summed E-state index contributed by atoms with van der Waals surface area (Å²) >= 11 is 1.53. The Balaban J connectivity index is 1.46. The van der Waals surface area contributed by atoms with Gasteiger partial charge in [0.05, 0.1) is 12.0 Å². The fourth-order valence-electron chi connectivity index (χ4n) is 2.54. The molecule has 0 bridgehead atoms. The number of thiazole rings is 1. The summed E-state index contributed by atoms with van der Waals surface area (Å²) in [7, 11) is 0. The van der Waals surface area contributed by atoms with Crippen molar-refractivity contribution in [1.29, 1.82) is 0 Å². The Morgan fingerprint density at radius 3 is 3.17 bits per heavy atom. The van der Waals surface area contributed by atoms with Crippen molar-refractivity contribution in [3.05, 3.63) is 58.8 Å². The van der Waals surface area contributed by atoms with E-state index in [4.69, 9.17) is 9.15 Å². The molecule has 6 heteroatoms. The molecule has 1 aliphatic rings. The maximum Gasteiger partial charge on any atom is 0.251 e. The third-order valence-electron chi connectivity index (χ3n) is 3.67. The first-order chi connectivity index (χ1) is 11.3. The number of benzene rings is 1. The Hall–Kier alpha value is -2.60. The monoisotopic (exact) mass is 326 g/mol. The Morgan fingerprint density at radius 2 is 2.30 bits per heavy atom. The average molecular weight is 326 g/mol. The van der Waals surface area contributed by atoms with Gasteiger partial charge in [0.1, 0.15) is 12.4 Å². The molecule has 0 fully saturated rings. The summed E-state index contributed by atoms with van der Waals surface area (Å²) < 4.78 is 11.1. The molecule has 3 heterocycles. The van der Waals surface area contributed by atoms with Crippen molar-refractivity contribution in [2.45, 2.75) is 13.0 Å². The van der Waals surface area contributed by atoms with E-state index in [0.717, 1.165) is 39.8 Å². The van der Waals surface area contributed by atoms with Crippen LogP contribution in [0.1, 0.15) is 21.6 Å². The second-order valence-corrected chi connectivity index (χ2v) is 6.09. The number of rotatable bonds is 4. The van der Waals surface area contributed by atoms with E-state index in [1.165, 1.54) is 11.3 Å². The number of aromatic nitrogens is 1. The van der Waals surface area contributed by atoms with E-state index >= 15 is 0 Å². The number of nitrogens with one attached hydrogen (secondary N) is 1. The highest BCUT2D eigenvalue weighted by atomic mass is 32.1. The first-order valence-electron chi connectivity index (χ1n) is 7.32. The van der Waals surface area contributed by atoms with Gasteiger partial charge in [0.15, 0.2) is 10.8 Å². The summed E-state index contributed by atoms with van der Waals surface area (Å²) in [5.41, 5.74) is 2.62. The zero-order chi connectivity index (χ0) is 15.6. The van der Waals surface area contributed by atoms with Crippen LogP contribution in [0.25, 0.3) is 10.8 Å². The van der Waals surface area contributed by atoms with E-state index in [9.17, 15) is 4.79 Å². The number of furan rings is 1. The van der Waals surface area contributed by atoms with Gasteiger partial charge in [0.2, 0.25) is 0 Å². The van der Waals surface area contributed by atoms with Gasteiger partial charge in [-0.05, 0) is 42.3 Å². The Morgan fingerprint density at radius 1 is 1.35 bits per heavy atom. The van der Waals surface area contributed by atoms with Crippen LogP contribution >= 0.6 is 11.3 Å². The molecule has 0 saturated carbocycles. The predicted octanol–water partition coefficient (Wildman–Crippen LogP) is 3.27. The number of ether oxygens (including phenoxy) is 1. The van der Waals surface area contributed by atoms with Crippen LogP contribution in [0.2, 0.25) is 0 Å². The molecular formula is C17H14N2O3S. The predicted molar refractivity (Wildman–Crippen MR) is 86.6 cm³/mol. The van der Waals surface area contributed by atoms with E-state index in [-0.39, 0.29) is 5.91 Å².